The molecule has 3 aromatic rings. The molecule has 35 heavy (non-hydrogen) atoms. The van der Waals surface area contributed by atoms with Crippen LogP contribution >= 0.6 is 12.2 Å². The minimum Gasteiger partial charge on any atom is -0.377 e. The molecule has 1 aromatic carbocycles. The van der Waals surface area contributed by atoms with Gasteiger partial charge in [0.1, 0.15) is 11.3 Å². The molecule has 0 amide bonds. The number of sulfonamides is 1. The van der Waals surface area contributed by atoms with Crippen LogP contribution < -0.4 is 5.32 Å². The summed E-state index contributed by atoms with van der Waals surface area (Å²) in [6.45, 7) is 9.74. The number of aromatic amines is 1. The molecular weight excluding hydrogens is 484 g/mol. The van der Waals surface area contributed by atoms with Crippen molar-refractivity contribution in [3.05, 3.63) is 34.1 Å². The van der Waals surface area contributed by atoms with Crippen molar-refractivity contribution in [3.63, 3.8) is 0 Å². The summed E-state index contributed by atoms with van der Waals surface area (Å²) in [6, 6.07) is 5.31. The Balaban J connectivity index is 1.86. The lowest BCUT2D eigenvalue weighted by molar-refractivity contribution is 0.134. The molecule has 9 nitrogen and oxygen atoms in total. The lowest BCUT2D eigenvalue weighted by Gasteiger charge is -2.35. The highest BCUT2D eigenvalue weighted by Gasteiger charge is 2.32. The first kappa shape index (κ1) is 25.9. The maximum absolute atomic E-state index is 13.6. The van der Waals surface area contributed by atoms with Gasteiger partial charge in [-0.05, 0) is 44.9 Å². The van der Waals surface area contributed by atoms with Crippen molar-refractivity contribution in [2.24, 2.45) is 7.05 Å². The van der Waals surface area contributed by atoms with Crippen LogP contribution in [0.15, 0.2) is 23.1 Å². The van der Waals surface area contributed by atoms with Crippen LogP contribution in [-0.4, -0.2) is 64.3 Å². The molecule has 1 fully saturated rings. The maximum Gasteiger partial charge on any atom is 0.243 e. The number of nitrogens with zero attached hydrogens (tertiary/aromatic N) is 4. The van der Waals surface area contributed by atoms with E-state index in [1.54, 1.807) is 21.1 Å². The van der Waals surface area contributed by atoms with E-state index in [1.807, 2.05) is 33.9 Å². The predicted molar refractivity (Wildman–Crippen MR) is 139 cm³/mol. The Morgan fingerprint density at radius 1 is 1.20 bits per heavy atom. The van der Waals surface area contributed by atoms with Crippen molar-refractivity contribution in [2.75, 3.05) is 19.7 Å². The Morgan fingerprint density at radius 3 is 2.57 bits per heavy atom. The van der Waals surface area contributed by atoms with Gasteiger partial charge in [-0.2, -0.15) is 9.40 Å². The number of hydrogen-bond acceptors (Lipinski definition) is 7. The average molecular weight is 519 g/mol. The van der Waals surface area contributed by atoms with E-state index in [0.717, 1.165) is 35.1 Å². The number of fused-ring (bicyclic) bond motifs is 1. The second-order valence-corrected chi connectivity index (χ2v) is 11.5. The number of benzene rings is 1. The summed E-state index contributed by atoms with van der Waals surface area (Å²) in [5, 5.41) is 8.01. The third kappa shape index (κ3) is 5.19. The second kappa shape index (κ2) is 10.4. The number of piperazine rings is 1. The molecular formula is C24H34N6O3S2. The van der Waals surface area contributed by atoms with Crippen LogP contribution in [0.3, 0.4) is 0 Å². The first-order valence-electron chi connectivity index (χ1n) is 12.1. The topological polar surface area (TPSA) is 105 Å². The first-order valence-corrected chi connectivity index (χ1v) is 13.9. The highest BCUT2D eigenvalue weighted by atomic mass is 32.2. The molecule has 0 saturated carbocycles. The summed E-state index contributed by atoms with van der Waals surface area (Å²) in [4.78, 5) is 8.30. The van der Waals surface area contributed by atoms with Crippen LogP contribution in [0, 0.1) is 4.64 Å². The van der Waals surface area contributed by atoms with E-state index in [9.17, 15) is 8.42 Å². The Labute approximate surface area is 211 Å². The third-order valence-corrected chi connectivity index (χ3v) is 8.34. The van der Waals surface area contributed by atoms with E-state index < -0.39 is 10.0 Å². The van der Waals surface area contributed by atoms with Crippen LogP contribution in [-0.2, 0) is 34.8 Å². The number of rotatable bonds is 8. The van der Waals surface area contributed by atoms with Crippen LogP contribution in [0.4, 0.5) is 0 Å². The monoisotopic (exact) mass is 518 g/mol. The van der Waals surface area contributed by atoms with E-state index in [4.69, 9.17) is 17.0 Å². The summed E-state index contributed by atoms with van der Waals surface area (Å²) in [5.74, 6) is 0.515. The van der Waals surface area contributed by atoms with Crippen LogP contribution in [0.1, 0.15) is 45.4 Å². The van der Waals surface area contributed by atoms with Crippen molar-refractivity contribution >= 4 is 33.3 Å². The van der Waals surface area contributed by atoms with Gasteiger partial charge in [-0.3, -0.25) is 4.68 Å². The molecule has 0 radical (unpaired) electrons. The van der Waals surface area contributed by atoms with Gasteiger partial charge >= 0.3 is 0 Å². The minimum absolute atomic E-state index is 0.0768. The summed E-state index contributed by atoms with van der Waals surface area (Å²) in [7, 11) is -1.84. The zero-order valence-corrected chi connectivity index (χ0v) is 22.6. The number of nitrogens with one attached hydrogen (secondary N) is 2. The van der Waals surface area contributed by atoms with E-state index in [1.165, 1.54) is 0 Å². The summed E-state index contributed by atoms with van der Waals surface area (Å²) in [6.07, 6.45) is 1.74. The molecule has 0 spiro atoms. The molecule has 2 N–H and O–H groups in total. The van der Waals surface area contributed by atoms with Gasteiger partial charge in [-0.25, -0.2) is 13.4 Å². The van der Waals surface area contributed by atoms with Crippen molar-refractivity contribution in [2.45, 2.75) is 64.1 Å². The van der Waals surface area contributed by atoms with Gasteiger partial charge in [0.25, 0.3) is 0 Å². The van der Waals surface area contributed by atoms with Gasteiger partial charge in [-0.1, -0.05) is 31.6 Å². The summed E-state index contributed by atoms with van der Waals surface area (Å²) in [5.41, 5.74) is 4.02. The number of hydrogen-bond donors (Lipinski definition) is 2. The zero-order chi connectivity index (χ0) is 25.3. The zero-order valence-electron chi connectivity index (χ0n) is 21.0. The van der Waals surface area contributed by atoms with Gasteiger partial charge in [0.05, 0.1) is 22.7 Å². The number of ether oxygens (including phenoxy) is 1. The van der Waals surface area contributed by atoms with Crippen molar-refractivity contribution in [1.29, 1.82) is 0 Å². The Hall–Kier alpha value is -2.18. The van der Waals surface area contributed by atoms with Crippen LogP contribution in [0.2, 0.25) is 0 Å². The predicted octanol–water partition coefficient (Wildman–Crippen LogP) is 3.55. The van der Waals surface area contributed by atoms with E-state index in [0.29, 0.717) is 42.3 Å². The van der Waals surface area contributed by atoms with E-state index in [2.05, 4.69) is 27.3 Å². The van der Waals surface area contributed by atoms with E-state index in [-0.39, 0.29) is 17.0 Å². The molecule has 2 unspecified atom stereocenters. The molecule has 190 valence electrons. The van der Waals surface area contributed by atoms with Gasteiger partial charge in [0, 0.05) is 44.4 Å². The largest absolute Gasteiger partial charge is 0.377 e. The number of H-pyrrole nitrogens is 1. The quantitative estimate of drug-likeness (QED) is 0.439. The van der Waals surface area contributed by atoms with Gasteiger partial charge < -0.3 is 15.0 Å². The van der Waals surface area contributed by atoms with Gasteiger partial charge in [-0.15, -0.1) is 0 Å². The Kier molecular flexibility index (Phi) is 7.72. The van der Waals surface area contributed by atoms with E-state index >= 15 is 0 Å². The standard InChI is InChI=1S/C24H34N6O3S2/c1-6-8-20-21-22(29(5)28-20)24(34)27-23(26-21)19-11-18(10-9-17(19)14-33-7-2)35(31,32)30-12-15(3)25-16(4)13-30/h9-11,15-16,25H,6-8,12-14H2,1-5H3,(H,26,27,34). The third-order valence-electron chi connectivity index (χ3n) is 6.23. The summed E-state index contributed by atoms with van der Waals surface area (Å²) >= 11 is 5.63. The molecule has 1 saturated heterocycles. The smallest absolute Gasteiger partial charge is 0.243 e. The molecule has 1 aliphatic rings. The van der Waals surface area contributed by atoms with Crippen molar-refractivity contribution in [1.82, 2.24) is 29.4 Å². The lowest BCUT2D eigenvalue weighted by atomic mass is 10.1. The SMILES string of the molecule is CCCc1nn(C)c2c(=S)nc(-c3cc(S(=O)(=O)N4CC(C)NC(C)C4)ccc3COCC)[nH]c12. The first-order chi connectivity index (χ1) is 16.6. The fourth-order valence-corrected chi connectivity index (χ4v) is 6.66. The average Bonchev–Trinajstić information content (AvgIpc) is 3.12. The number of aryl methyl sites for hydroxylation is 2. The van der Waals surface area contributed by atoms with Crippen molar-refractivity contribution in [3.8, 4) is 11.4 Å². The Bertz CT molecular complexity index is 1370. The Morgan fingerprint density at radius 2 is 1.91 bits per heavy atom. The summed E-state index contributed by atoms with van der Waals surface area (Å²) < 4.78 is 36.6. The van der Waals surface area contributed by atoms with Crippen LogP contribution in [0.5, 0.6) is 0 Å². The fraction of sp³-hybridized carbons (Fsp3) is 0.542. The molecule has 3 heterocycles. The van der Waals surface area contributed by atoms with Crippen LogP contribution in [0.25, 0.3) is 22.4 Å². The van der Waals surface area contributed by atoms with Gasteiger partial charge in [0.15, 0.2) is 4.64 Å². The highest BCUT2D eigenvalue weighted by molar-refractivity contribution is 7.89. The number of aromatic nitrogens is 4. The van der Waals surface area contributed by atoms with Crippen molar-refractivity contribution < 1.29 is 13.2 Å². The molecule has 0 bridgehead atoms. The normalized spacial score (nSPS) is 19.5. The molecule has 0 aliphatic carbocycles. The maximum atomic E-state index is 13.6. The molecule has 2 atom stereocenters. The fourth-order valence-electron chi connectivity index (χ4n) is 4.69. The second-order valence-electron chi connectivity index (χ2n) is 9.18. The van der Waals surface area contributed by atoms with Gasteiger partial charge in [0.2, 0.25) is 10.0 Å². The lowest BCUT2D eigenvalue weighted by Crippen LogP contribution is -2.55. The minimum atomic E-state index is -3.69. The molecule has 4 rings (SSSR count). The molecule has 1 aliphatic heterocycles. The molecule has 11 heteroatoms. The highest BCUT2D eigenvalue weighted by Crippen LogP contribution is 2.29. The molecule has 2 aromatic heterocycles.